The lowest BCUT2D eigenvalue weighted by Gasteiger charge is -2.36. The number of amides is 3. The number of urea groups is 1. The molecule has 1 saturated heterocycles. The van der Waals surface area contributed by atoms with Gasteiger partial charge in [0.15, 0.2) is 0 Å². The molecular weight excluding hydrogens is 340 g/mol. The number of likely N-dealkylation sites (tertiary alicyclic amines) is 1. The minimum absolute atomic E-state index is 0. The second kappa shape index (κ2) is 10.9. The third-order valence-corrected chi connectivity index (χ3v) is 5.07. The zero-order valence-corrected chi connectivity index (χ0v) is 17.2. The molecule has 148 valence electrons. The Morgan fingerprint density at radius 2 is 1.92 bits per heavy atom. The highest BCUT2D eigenvalue weighted by Gasteiger charge is 2.31. The van der Waals surface area contributed by atoms with Crippen molar-refractivity contribution in [3.63, 3.8) is 0 Å². The van der Waals surface area contributed by atoms with Crippen LogP contribution in [0.3, 0.4) is 0 Å². The van der Waals surface area contributed by atoms with E-state index in [1.807, 2.05) is 11.8 Å². The summed E-state index contributed by atoms with van der Waals surface area (Å²) in [7, 11) is 0. The van der Waals surface area contributed by atoms with Gasteiger partial charge in [0, 0.05) is 32.6 Å². The van der Waals surface area contributed by atoms with Gasteiger partial charge in [-0.15, -0.1) is 12.4 Å². The first kappa shape index (κ1) is 24.0. The molecule has 0 radical (unpaired) electrons. The van der Waals surface area contributed by atoms with Crippen LogP contribution in [0, 0.1) is 17.8 Å². The highest BCUT2D eigenvalue weighted by Crippen LogP contribution is 2.21. The first-order valence-electron chi connectivity index (χ1n) is 9.21. The summed E-state index contributed by atoms with van der Waals surface area (Å²) in [6, 6.07) is -0.0113. The molecule has 3 amide bonds. The van der Waals surface area contributed by atoms with Gasteiger partial charge < -0.3 is 21.3 Å². The van der Waals surface area contributed by atoms with Gasteiger partial charge in [0.25, 0.3) is 0 Å². The highest BCUT2D eigenvalue weighted by molar-refractivity contribution is 5.85. The number of piperidine rings is 1. The van der Waals surface area contributed by atoms with Gasteiger partial charge in [0.1, 0.15) is 0 Å². The maximum atomic E-state index is 12.4. The fourth-order valence-electron chi connectivity index (χ4n) is 2.88. The summed E-state index contributed by atoms with van der Waals surface area (Å²) < 4.78 is 0. The minimum Gasteiger partial charge on any atom is -0.349 e. The van der Waals surface area contributed by atoms with Crippen molar-refractivity contribution >= 4 is 24.3 Å². The van der Waals surface area contributed by atoms with Crippen LogP contribution in [0.25, 0.3) is 0 Å². The summed E-state index contributed by atoms with van der Waals surface area (Å²) in [5.41, 5.74) is 5.46. The highest BCUT2D eigenvalue weighted by atomic mass is 35.5. The first-order chi connectivity index (χ1) is 11.2. The average molecular weight is 377 g/mol. The molecule has 0 aromatic heterocycles. The van der Waals surface area contributed by atoms with Crippen molar-refractivity contribution < 1.29 is 9.59 Å². The van der Waals surface area contributed by atoms with Crippen molar-refractivity contribution in [2.45, 2.75) is 59.4 Å². The molecule has 0 bridgehead atoms. The van der Waals surface area contributed by atoms with E-state index in [-0.39, 0.29) is 41.7 Å². The van der Waals surface area contributed by atoms with Gasteiger partial charge in [0.2, 0.25) is 5.91 Å². The Labute approximate surface area is 159 Å². The summed E-state index contributed by atoms with van der Waals surface area (Å²) >= 11 is 0. The van der Waals surface area contributed by atoms with Crippen LogP contribution >= 0.6 is 12.4 Å². The molecule has 25 heavy (non-hydrogen) atoms. The van der Waals surface area contributed by atoms with Gasteiger partial charge in [-0.05, 0) is 37.5 Å². The Balaban J connectivity index is 0.00000576. The van der Waals surface area contributed by atoms with E-state index in [2.05, 4.69) is 38.3 Å². The van der Waals surface area contributed by atoms with Gasteiger partial charge in [0.05, 0.1) is 5.54 Å². The normalized spacial score (nSPS) is 20.0. The van der Waals surface area contributed by atoms with E-state index in [4.69, 9.17) is 5.73 Å². The van der Waals surface area contributed by atoms with Crippen molar-refractivity contribution in [1.29, 1.82) is 0 Å². The number of nitrogens with one attached hydrogen (secondary N) is 2. The number of halogens is 1. The van der Waals surface area contributed by atoms with Crippen LogP contribution in [0.5, 0.6) is 0 Å². The van der Waals surface area contributed by atoms with Crippen LogP contribution in [-0.4, -0.2) is 48.6 Å². The second-order valence-electron chi connectivity index (χ2n) is 8.06. The average Bonchev–Trinajstić information content (AvgIpc) is 2.52. The van der Waals surface area contributed by atoms with Crippen LogP contribution in [0.4, 0.5) is 4.79 Å². The van der Waals surface area contributed by atoms with Gasteiger partial charge in [-0.1, -0.05) is 27.7 Å². The van der Waals surface area contributed by atoms with E-state index in [0.29, 0.717) is 32.0 Å². The van der Waals surface area contributed by atoms with Crippen molar-refractivity contribution in [2.75, 3.05) is 26.2 Å². The molecule has 1 fully saturated rings. The number of rotatable bonds is 7. The van der Waals surface area contributed by atoms with E-state index < -0.39 is 0 Å². The molecule has 4 N–H and O–H groups in total. The fourth-order valence-corrected chi connectivity index (χ4v) is 2.88. The number of nitrogens with two attached hydrogens (primary N) is 1. The Bertz CT molecular complexity index is 431. The summed E-state index contributed by atoms with van der Waals surface area (Å²) in [6.45, 7) is 12.8. The Kier molecular flexibility index (Phi) is 10.4. The zero-order chi connectivity index (χ0) is 18.3. The number of nitrogens with zero attached hydrogens (tertiary/aromatic N) is 1. The molecule has 7 heteroatoms. The van der Waals surface area contributed by atoms with Crippen molar-refractivity contribution in [3.05, 3.63) is 0 Å². The number of hydrogen-bond donors (Lipinski definition) is 3. The van der Waals surface area contributed by atoms with E-state index in [1.165, 1.54) is 0 Å². The lowest BCUT2D eigenvalue weighted by molar-refractivity contribution is -0.124. The number of hydrogen-bond acceptors (Lipinski definition) is 3. The molecule has 1 aliphatic heterocycles. The summed E-state index contributed by atoms with van der Waals surface area (Å²) in [5.74, 6) is 0.963. The van der Waals surface area contributed by atoms with Crippen LogP contribution in [0.15, 0.2) is 0 Å². The Morgan fingerprint density at radius 1 is 1.28 bits per heavy atom. The molecule has 0 aromatic rings. The molecule has 2 atom stereocenters. The summed E-state index contributed by atoms with van der Waals surface area (Å²) in [5, 5.41) is 6.05. The van der Waals surface area contributed by atoms with Crippen LogP contribution in [0.2, 0.25) is 0 Å². The van der Waals surface area contributed by atoms with E-state index in [1.54, 1.807) is 0 Å². The largest absolute Gasteiger partial charge is 0.349 e. The van der Waals surface area contributed by atoms with Gasteiger partial charge in [-0.3, -0.25) is 4.79 Å². The fraction of sp³-hybridized carbons (Fsp3) is 0.889. The molecule has 1 aliphatic rings. The first-order valence-corrected chi connectivity index (χ1v) is 9.21. The van der Waals surface area contributed by atoms with E-state index in [0.717, 1.165) is 19.4 Å². The van der Waals surface area contributed by atoms with Gasteiger partial charge >= 0.3 is 6.03 Å². The van der Waals surface area contributed by atoms with Crippen LogP contribution in [-0.2, 0) is 4.79 Å². The number of carbonyl (C=O) groups is 2. The quantitative estimate of drug-likeness (QED) is 0.637. The topological polar surface area (TPSA) is 87.5 Å². The molecule has 6 nitrogen and oxygen atoms in total. The monoisotopic (exact) mass is 376 g/mol. The smallest absolute Gasteiger partial charge is 0.317 e. The predicted octanol–water partition coefficient (Wildman–Crippen LogP) is 2.37. The molecule has 1 heterocycles. The Morgan fingerprint density at radius 3 is 2.44 bits per heavy atom. The van der Waals surface area contributed by atoms with Gasteiger partial charge in [-0.2, -0.15) is 0 Å². The summed E-state index contributed by atoms with van der Waals surface area (Å²) in [4.78, 5) is 26.4. The molecule has 0 saturated carbocycles. The predicted molar refractivity (Wildman–Crippen MR) is 105 cm³/mol. The van der Waals surface area contributed by atoms with Gasteiger partial charge in [-0.25, -0.2) is 4.79 Å². The third kappa shape index (κ3) is 7.82. The Hall–Kier alpha value is -1.01. The molecule has 0 aromatic carbocycles. The van der Waals surface area contributed by atoms with Crippen molar-refractivity contribution in [2.24, 2.45) is 23.5 Å². The standard InChI is InChI=1S/C18H36N4O2.ClH/c1-13(2)10-20-17(24)22-8-6-7-15(11-22)9-16(23)21-18(5,12-19)14(3)4;/h13-15H,6-12,19H2,1-5H3,(H,20,24)(H,21,23);1H. The third-order valence-electron chi connectivity index (χ3n) is 5.07. The van der Waals surface area contributed by atoms with Crippen LogP contribution in [0.1, 0.15) is 53.9 Å². The lowest BCUT2D eigenvalue weighted by Crippen LogP contribution is -2.55. The SMILES string of the molecule is CC(C)CNC(=O)N1CCCC(CC(=O)NC(C)(CN)C(C)C)C1.Cl. The maximum absolute atomic E-state index is 12.4. The minimum atomic E-state index is -0.375. The van der Waals surface area contributed by atoms with E-state index >= 15 is 0 Å². The lowest BCUT2D eigenvalue weighted by atomic mass is 9.87. The molecule has 0 aliphatic carbocycles. The number of carbonyl (C=O) groups excluding carboxylic acids is 2. The second-order valence-corrected chi connectivity index (χ2v) is 8.06. The molecule has 2 unspecified atom stereocenters. The van der Waals surface area contributed by atoms with E-state index in [9.17, 15) is 9.59 Å². The molecule has 1 rings (SSSR count). The van der Waals surface area contributed by atoms with Crippen molar-refractivity contribution in [1.82, 2.24) is 15.5 Å². The zero-order valence-electron chi connectivity index (χ0n) is 16.4. The van der Waals surface area contributed by atoms with Crippen LogP contribution < -0.4 is 16.4 Å². The summed E-state index contributed by atoms with van der Waals surface area (Å²) in [6.07, 6.45) is 2.39. The molecule has 0 spiro atoms. The van der Waals surface area contributed by atoms with Crippen molar-refractivity contribution in [3.8, 4) is 0 Å². The molecular formula is C18H37ClN4O2. The maximum Gasteiger partial charge on any atom is 0.317 e.